The molecular weight excluding hydrogens is 246 g/mol. The first-order valence-electron chi connectivity index (χ1n) is 7.53. The van der Waals surface area contributed by atoms with Gasteiger partial charge in [-0.05, 0) is 35.7 Å². The molecule has 0 radical (unpaired) electrons. The minimum Gasteiger partial charge on any atom is -0.380 e. The second kappa shape index (κ2) is 7.41. The highest BCUT2D eigenvalue weighted by Crippen LogP contribution is 2.21. The first-order chi connectivity index (χ1) is 9.80. The number of methoxy groups -OCH3 is 1. The van der Waals surface area contributed by atoms with E-state index in [4.69, 9.17) is 4.74 Å². The number of rotatable bonds is 7. The fraction of sp³-hybridized carbons (Fsp3) is 0.444. The third-order valence-corrected chi connectivity index (χ3v) is 3.94. The van der Waals surface area contributed by atoms with Crippen molar-refractivity contribution in [1.29, 1.82) is 0 Å². The van der Waals surface area contributed by atoms with E-state index in [0.29, 0.717) is 6.04 Å². The van der Waals surface area contributed by atoms with Gasteiger partial charge in [0.15, 0.2) is 0 Å². The molecule has 2 aromatic rings. The maximum atomic E-state index is 5.64. The molecule has 0 aromatic heterocycles. The largest absolute Gasteiger partial charge is 0.380 e. The Labute approximate surface area is 122 Å². The fourth-order valence-corrected chi connectivity index (χ4v) is 2.92. The summed E-state index contributed by atoms with van der Waals surface area (Å²) in [6.45, 7) is 5.30. The molecule has 0 spiro atoms. The van der Waals surface area contributed by atoms with Crippen LogP contribution in [0.25, 0.3) is 10.8 Å². The Hall–Kier alpha value is -1.38. The molecule has 0 saturated heterocycles. The van der Waals surface area contributed by atoms with E-state index in [1.54, 1.807) is 0 Å². The molecule has 0 saturated carbocycles. The average molecular weight is 271 g/mol. The van der Waals surface area contributed by atoms with Gasteiger partial charge in [0, 0.05) is 13.2 Å². The Morgan fingerprint density at radius 2 is 1.80 bits per heavy atom. The van der Waals surface area contributed by atoms with Crippen molar-refractivity contribution in [2.24, 2.45) is 0 Å². The van der Waals surface area contributed by atoms with E-state index in [2.05, 4.69) is 61.6 Å². The summed E-state index contributed by atoms with van der Waals surface area (Å²) < 4.78 is 5.64. The molecule has 1 N–H and O–H groups in total. The average Bonchev–Trinajstić information content (AvgIpc) is 2.49. The van der Waals surface area contributed by atoms with E-state index in [1.165, 1.54) is 16.3 Å². The lowest BCUT2D eigenvalue weighted by molar-refractivity contribution is 0.0659. The first-order valence-corrected chi connectivity index (χ1v) is 7.53. The molecule has 2 unspecified atom stereocenters. The summed E-state index contributed by atoms with van der Waals surface area (Å²) in [5.41, 5.74) is 1.39. The van der Waals surface area contributed by atoms with Crippen LogP contribution in [0.4, 0.5) is 0 Å². The molecule has 108 valence electrons. The van der Waals surface area contributed by atoms with Crippen LogP contribution in [0.2, 0.25) is 0 Å². The van der Waals surface area contributed by atoms with Gasteiger partial charge in [-0.2, -0.15) is 0 Å². The van der Waals surface area contributed by atoms with Gasteiger partial charge in [-0.3, -0.25) is 0 Å². The molecule has 20 heavy (non-hydrogen) atoms. The Morgan fingerprint density at radius 3 is 2.50 bits per heavy atom. The molecule has 0 aliphatic rings. The Morgan fingerprint density at radius 1 is 1.05 bits per heavy atom. The lowest BCUT2D eigenvalue weighted by atomic mass is 9.95. The van der Waals surface area contributed by atoms with Gasteiger partial charge in [0.1, 0.15) is 0 Å². The van der Waals surface area contributed by atoms with Crippen LogP contribution in [0.1, 0.15) is 25.8 Å². The summed E-state index contributed by atoms with van der Waals surface area (Å²) in [6.07, 6.45) is 2.29. The number of likely N-dealkylation sites (N-methyl/N-ethyl adjacent to an activating group) is 1. The van der Waals surface area contributed by atoms with Gasteiger partial charge >= 0.3 is 0 Å². The van der Waals surface area contributed by atoms with E-state index >= 15 is 0 Å². The molecule has 0 amide bonds. The van der Waals surface area contributed by atoms with Gasteiger partial charge in [-0.15, -0.1) is 0 Å². The SMILES string of the molecule is CCNC(Cc1cccc2ccccc12)C(CC)OC. The van der Waals surface area contributed by atoms with Crippen LogP contribution in [0.15, 0.2) is 42.5 Å². The van der Waals surface area contributed by atoms with Crippen molar-refractivity contribution < 1.29 is 4.74 Å². The molecule has 2 rings (SSSR count). The Balaban J connectivity index is 2.28. The van der Waals surface area contributed by atoms with Crippen molar-refractivity contribution in [2.75, 3.05) is 13.7 Å². The van der Waals surface area contributed by atoms with Crippen molar-refractivity contribution in [3.63, 3.8) is 0 Å². The zero-order valence-corrected chi connectivity index (χ0v) is 12.7. The minimum atomic E-state index is 0.258. The molecule has 0 heterocycles. The molecule has 2 atom stereocenters. The third kappa shape index (κ3) is 3.38. The molecule has 0 bridgehead atoms. The van der Waals surface area contributed by atoms with E-state index in [1.807, 2.05) is 7.11 Å². The summed E-state index contributed by atoms with van der Waals surface area (Å²) in [4.78, 5) is 0. The quantitative estimate of drug-likeness (QED) is 0.827. The third-order valence-electron chi connectivity index (χ3n) is 3.94. The van der Waals surface area contributed by atoms with Crippen LogP contribution in [0.3, 0.4) is 0 Å². The molecular formula is C18H25NO. The topological polar surface area (TPSA) is 21.3 Å². The van der Waals surface area contributed by atoms with Crippen LogP contribution >= 0.6 is 0 Å². The van der Waals surface area contributed by atoms with Gasteiger partial charge in [0.2, 0.25) is 0 Å². The highest BCUT2D eigenvalue weighted by molar-refractivity contribution is 5.85. The van der Waals surface area contributed by atoms with E-state index < -0.39 is 0 Å². The maximum Gasteiger partial charge on any atom is 0.0724 e. The summed E-state index contributed by atoms with van der Waals surface area (Å²) in [6, 6.07) is 15.5. The van der Waals surface area contributed by atoms with Gasteiger partial charge in [0.25, 0.3) is 0 Å². The van der Waals surface area contributed by atoms with Crippen molar-refractivity contribution >= 4 is 10.8 Å². The van der Waals surface area contributed by atoms with Crippen molar-refractivity contribution in [1.82, 2.24) is 5.32 Å². The van der Waals surface area contributed by atoms with Crippen molar-refractivity contribution in [3.05, 3.63) is 48.0 Å². The van der Waals surface area contributed by atoms with Crippen LogP contribution < -0.4 is 5.32 Å². The number of fused-ring (bicyclic) bond motifs is 1. The fourth-order valence-electron chi connectivity index (χ4n) is 2.92. The summed E-state index contributed by atoms with van der Waals surface area (Å²) in [5.74, 6) is 0. The zero-order chi connectivity index (χ0) is 14.4. The zero-order valence-electron chi connectivity index (χ0n) is 12.7. The molecule has 2 nitrogen and oxygen atoms in total. The summed E-state index contributed by atoms with van der Waals surface area (Å²) in [5, 5.41) is 6.23. The second-order valence-electron chi connectivity index (χ2n) is 5.19. The van der Waals surface area contributed by atoms with Gasteiger partial charge in [0.05, 0.1) is 6.10 Å². The minimum absolute atomic E-state index is 0.258. The Bertz CT molecular complexity index is 528. The van der Waals surface area contributed by atoms with Crippen LogP contribution in [0.5, 0.6) is 0 Å². The van der Waals surface area contributed by atoms with E-state index in [-0.39, 0.29) is 6.10 Å². The number of benzene rings is 2. The van der Waals surface area contributed by atoms with Crippen LogP contribution in [-0.2, 0) is 11.2 Å². The van der Waals surface area contributed by atoms with Crippen LogP contribution in [0, 0.1) is 0 Å². The predicted molar refractivity (Wildman–Crippen MR) is 86.2 cm³/mol. The number of hydrogen-bond donors (Lipinski definition) is 1. The van der Waals surface area contributed by atoms with Crippen molar-refractivity contribution in [2.45, 2.75) is 38.8 Å². The molecule has 2 heteroatoms. The lowest BCUT2D eigenvalue weighted by Crippen LogP contribution is -2.42. The van der Waals surface area contributed by atoms with E-state index in [9.17, 15) is 0 Å². The molecule has 2 aromatic carbocycles. The highest BCUT2D eigenvalue weighted by Gasteiger charge is 2.19. The second-order valence-corrected chi connectivity index (χ2v) is 5.19. The molecule has 0 fully saturated rings. The predicted octanol–water partition coefficient (Wildman–Crippen LogP) is 3.79. The van der Waals surface area contributed by atoms with E-state index in [0.717, 1.165) is 19.4 Å². The lowest BCUT2D eigenvalue weighted by Gasteiger charge is -2.26. The van der Waals surface area contributed by atoms with Crippen molar-refractivity contribution in [3.8, 4) is 0 Å². The van der Waals surface area contributed by atoms with Gasteiger partial charge < -0.3 is 10.1 Å². The van der Waals surface area contributed by atoms with Crippen LogP contribution in [-0.4, -0.2) is 25.8 Å². The Kier molecular flexibility index (Phi) is 5.57. The smallest absolute Gasteiger partial charge is 0.0724 e. The first kappa shape index (κ1) is 15.0. The summed E-state index contributed by atoms with van der Waals surface area (Å²) >= 11 is 0. The number of hydrogen-bond acceptors (Lipinski definition) is 2. The number of nitrogens with one attached hydrogen (secondary N) is 1. The standard InChI is InChI=1S/C18H25NO/c1-4-18(20-3)17(19-5-2)13-15-11-8-10-14-9-6-7-12-16(14)15/h6-12,17-19H,4-5,13H2,1-3H3. The van der Waals surface area contributed by atoms with Gasteiger partial charge in [-0.1, -0.05) is 56.3 Å². The molecule has 0 aliphatic carbocycles. The maximum absolute atomic E-state index is 5.64. The normalized spacial score (nSPS) is 14.3. The highest BCUT2D eigenvalue weighted by atomic mass is 16.5. The molecule has 0 aliphatic heterocycles. The summed E-state index contributed by atoms with van der Waals surface area (Å²) in [7, 11) is 1.81. The number of ether oxygens (including phenoxy) is 1. The monoisotopic (exact) mass is 271 g/mol. The van der Waals surface area contributed by atoms with Gasteiger partial charge in [-0.25, -0.2) is 0 Å².